The normalized spacial score (nSPS) is 13.0. The molecule has 130 valence electrons. The Balaban J connectivity index is 1.92. The van der Waals surface area contributed by atoms with E-state index < -0.39 is 0 Å². The quantitative estimate of drug-likeness (QED) is 0.599. The summed E-state index contributed by atoms with van der Waals surface area (Å²) in [6, 6.07) is 18.8. The van der Waals surface area contributed by atoms with E-state index in [1.54, 1.807) is 0 Å². The zero-order valence-corrected chi connectivity index (χ0v) is 16.5. The third-order valence-electron chi connectivity index (χ3n) is 3.95. The van der Waals surface area contributed by atoms with Gasteiger partial charge in [0.05, 0.1) is 6.61 Å². The first kappa shape index (κ1) is 19.2. The lowest BCUT2D eigenvalue weighted by molar-refractivity contribution is 0.113. The molecule has 0 spiro atoms. The smallest absolute Gasteiger partial charge is 0.0716 e. The van der Waals surface area contributed by atoms with Crippen LogP contribution < -0.4 is 5.32 Å². The molecule has 2 aromatic carbocycles. The average molecular weight is 390 g/mol. The number of hydrogen-bond donors (Lipinski definition) is 1. The lowest BCUT2D eigenvalue weighted by atomic mass is 9.94. The molecule has 0 radical (unpaired) electrons. The fourth-order valence-corrected chi connectivity index (χ4v) is 3.20. The van der Waals surface area contributed by atoms with Crippen LogP contribution in [0.1, 0.15) is 44.2 Å². The van der Waals surface area contributed by atoms with E-state index in [9.17, 15) is 0 Å². The first-order valence-electron chi connectivity index (χ1n) is 8.57. The minimum Gasteiger partial charge on any atom is -0.377 e. The van der Waals surface area contributed by atoms with E-state index in [0.717, 1.165) is 19.6 Å². The highest BCUT2D eigenvalue weighted by atomic mass is 79.9. The second-order valence-corrected chi connectivity index (χ2v) is 8.03. The SMILES string of the molecule is CC(C)(C)NCC(CCOCc1ccccc1)c1ccccc1Br. The summed E-state index contributed by atoms with van der Waals surface area (Å²) < 4.78 is 7.08. The number of ether oxygens (including phenoxy) is 1. The minimum absolute atomic E-state index is 0.115. The largest absolute Gasteiger partial charge is 0.377 e. The van der Waals surface area contributed by atoms with Gasteiger partial charge in [0.25, 0.3) is 0 Å². The molecule has 0 saturated carbocycles. The van der Waals surface area contributed by atoms with Crippen LogP contribution in [0.5, 0.6) is 0 Å². The van der Waals surface area contributed by atoms with Crippen LogP contribution in [-0.4, -0.2) is 18.7 Å². The lowest BCUT2D eigenvalue weighted by Crippen LogP contribution is -2.38. The molecule has 2 nitrogen and oxygen atoms in total. The molecule has 0 saturated heterocycles. The maximum absolute atomic E-state index is 5.90. The zero-order chi connectivity index (χ0) is 17.4. The molecule has 0 bridgehead atoms. The van der Waals surface area contributed by atoms with Gasteiger partial charge >= 0.3 is 0 Å². The van der Waals surface area contributed by atoms with Crippen molar-refractivity contribution in [1.29, 1.82) is 0 Å². The summed E-state index contributed by atoms with van der Waals surface area (Å²) in [6.07, 6.45) is 0.999. The highest BCUT2D eigenvalue weighted by Crippen LogP contribution is 2.27. The molecule has 0 aromatic heterocycles. The van der Waals surface area contributed by atoms with Gasteiger partial charge in [-0.1, -0.05) is 64.5 Å². The van der Waals surface area contributed by atoms with E-state index in [0.29, 0.717) is 12.5 Å². The van der Waals surface area contributed by atoms with Crippen molar-refractivity contribution < 1.29 is 4.74 Å². The van der Waals surface area contributed by atoms with Crippen LogP contribution >= 0.6 is 15.9 Å². The van der Waals surface area contributed by atoms with Crippen molar-refractivity contribution in [2.24, 2.45) is 0 Å². The van der Waals surface area contributed by atoms with Gasteiger partial charge in [0, 0.05) is 23.2 Å². The third kappa shape index (κ3) is 6.76. The van der Waals surface area contributed by atoms with Crippen LogP contribution in [-0.2, 0) is 11.3 Å². The van der Waals surface area contributed by atoms with E-state index in [1.807, 2.05) is 6.07 Å². The van der Waals surface area contributed by atoms with Crippen LogP contribution in [0.25, 0.3) is 0 Å². The molecule has 0 amide bonds. The predicted octanol–water partition coefficient (Wildman–Crippen LogP) is 5.53. The predicted molar refractivity (Wildman–Crippen MR) is 105 cm³/mol. The molecule has 0 heterocycles. The van der Waals surface area contributed by atoms with Crippen LogP contribution in [0, 0.1) is 0 Å². The molecule has 1 atom stereocenters. The van der Waals surface area contributed by atoms with Gasteiger partial charge < -0.3 is 10.1 Å². The summed E-state index contributed by atoms with van der Waals surface area (Å²) in [7, 11) is 0. The van der Waals surface area contributed by atoms with Gasteiger partial charge in [-0.25, -0.2) is 0 Å². The summed E-state index contributed by atoms with van der Waals surface area (Å²) in [5.41, 5.74) is 2.69. The van der Waals surface area contributed by atoms with Gasteiger partial charge in [0.1, 0.15) is 0 Å². The van der Waals surface area contributed by atoms with Crippen LogP contribution in [0.2, 0.25) is 0 Å². The number of benzene rings is 2. The molecular weight excluding hydrogens is 362 g/mol. The highest BCUT2D eigenvalue weighted by molar-refractivity contribution is 9.10. The van der Waals surface area contributed by atoms with E-state index >= 15 is 0 Å². The molecule has 3 heteroatoms. The van der Waals surface area contributed by atoms with E-state index in [1.165, 1.54) is 15.6 Å². The van der Waals surface area contributed by atoms with Gasteiger partial charge in [-0.05, 0) is 50.3 Å². The number of hydrogen-bond acceptors (Lipinski definition) is 2. The number of rotatable bonds is 8. The Kier molecular flexibility index (Phi) is 7.47. The van der Waals surface area contributed by atoms with Crippen molar-refractivity contribution in [3.63, 3.8) is 0 Å². The minimum atomic E-state index is 0.115. The van der Waals surface area contributed by atoms with Gasteiger partial charge in [-0.15, -0.1) is 0 Å². The van der Waals surface area contributed by atoms with Crippen molar-refractivity contribution in [2.75, 3.05) is 13.2 Å². The van der Waals surface area contributed by atoms with Gasteiger partial charge in [0.2, 0.25) is 0 Å². The molecule has 2 rings (SSSR count). The van der Waals surface area contributed by atoms with Crippen LogP contribution in [0.4, 0.5) is 0 Å². The van der Waals surface area contributed by atoms with Crippen molar-refractivity contribution in [1.82, 2.24) is 5.32 Å². The fourth-order valence-electron chi connectivity index (χ4n) is 2.59. The maximum Gasteiger partial charge on any atom is 0.0716 e. The number of halogens is 1. The summed E-state index contributed by atoms with van der Waals surface area (Å²) in [6.45, 7) is 8.99. The third-order valence-corrected chi connectivity index (χ3v) is 4.67. The Morgan fingerprint density at radius 2 is 1.67 bits per heavy atom. The lowest BCUT2D eigenvalue weighted by Gasteiger charge is -2.26. The Morgan fingerprint density at radius 3 is 2.33 bits per heavy atom. The van der Waals surface area contributed by atoms with Gasteiger partial charge in [-0.2, -0.15) is 0 Å². The Hall–Kier alpha value is -1.16. The Morgan fingerprint density at radius 1 is 1.00 bits per heavy atom. The number of nitrogens with one attached hydrogen (secondary N) is 1. The monoisotopic (exact) mass is 389 g/mol. The zero-order valence-electron chi connectivity index (χ0n) is 14.9. The molecule has 0 aliphatic carbocycles. The standard InChI is InChI=1S/C21H28BrNO/c1-21(2,3)23-15-18(19-11-7-8-12-20(19)22)13-14-24-16-17-9-5-4-6-10-17/h4-12,18,23H,13-16H2,1-3H3. The average Bonchev–Trinajstić information content (AvgIpc) is 2.55. The van der Waals surface area contributed by atoms with Gasteiger partial charge in [-0.3, -0.25) is 0 Å². The first-order valence-corrected chi connectivity index (χ1v) is 9.36. The van der Waals surface area contributed by atoms with Crippen LogP contribution in [0.15, 0.2) is 59.1 Å². The molecule has 24 heavy (non-hydrogen) atoms. The van der Waals surface area contributed by atoms with Crippen molar-refractivity contribution in [2.45, 2.75) is 45.3 Å². The molecule has 1 unspecified atom stereocenters. The van der Waals surface area contributed by atoms with Crippen molar-refractivity contribution in [3.05, 3.63) is 70.2 Å². The van der Waals surface area contributed by atoms with Crippen molar-refractivity contribution >= 4 is 15.9 Å². The van der Waals surface area contributed by atoms with E-state index in [2.05, 4.69) is 90.5 Å². The van der Waals surface area contributed by atoms with E-state index in [4.69, 9.17) is 4.74 Å². The summed E-state index contributed by atoms with van der Waals surface area (Å²) in [5, 5.41) is 3.63. The summed E-state index contributed by atoms with van der Waals surface area (Å²) in [5.74, 6) is 0.426. The summed E-state index contributed by atoms with van der Waals surface area (Å²) >= 11 is 3.69. The molecule has 0 fully saturated rings. The molecule has 0 aliphatic heterocycles. The second kappa shape index (κ2) is 9.36. The molecular formula is C21H28BrNO. The fraction of sp³-hybridized carbons (Fsp3) is 0.429. The van der Waals surface area contributed by atoms with Crippen molar-refractivity contribution in [3.8, 4) is 0 Å². The van der Waals surface area contributed by atoms with E-state index in [-0.39, 0.29) is 5.54 Å². The molecule has 1 N–H and O–H groups in total. The second-order valence-electron chi connectivity index (χ2n) is 7.18. The topological polar surface area (TPSA) is 21.3 Å². The van der Waals surface area contributed by atoms with Gasteiger partial charge in [0.15, 0.2) is 0 Å². The first-order chi connectivity index (χ1) is 11.5. The molecule has 0 aliphatic rings. The highest BCUT2D eigenvalue weighted by Gasteiger charge is 2.17. The van der Waals surface area contributed by atoms with Crippen LogP contribution in [0.3, 0.4) is 0 Å². The Labute approximate surface area is 154 Å². The Bertz CT molecular complexity index is 607. The summed E-state index contributed by atoms with van der Waals surface area (Å²) in [4.78, 5) is 0. The maximum atomic E-state index is 5.90. The molecule has 2 aromatic rings.